The number of nitrogens with two attached hydrogens (primary N) is 1. The summed E-state index contributed by atoms with van der Waals surface area (Å²) in [4.78, 5) is 25.6. The molecule has 9 heteroatoms. The topological polar surface area (TPSA) is 112 Å². The van der Waals surface area contributed by atoms with Crippen molar-refractivity contribution in [3.05, 3.63) is 73.0 Å². The number of alkyl carbamates (subject to hydrolysis) is 1. The van der Waals surface area contributed by atoms with Crippen LogP contribution in [0.25, 0.3) is 11.1 Å². The predicted octanol–water partition coefficient (Wildman–Crippen LogP) is 4.33. The molecule has 0 spiro atoms. The fraction of sp³-hybridized carbons (Fsp3) is 0.484. The maximum atomic E-state index is 12.9. The Labute approximate surface area is 243 Å². The molecular formula is C31H43N3O5S. The Balaban J connectivity index is 1.38. The molecular weight excluding hydrogens is 526 g/mol. The lowest BCUT2D eigenvalue weighted by Gasteiger charge is -2.19. The summed E-state index contributed by atoms with van der Waals surface area (Å²) in [7, 11) is 0. The molecule has 0 saturated carbocycles. The monoisotopic (exact) mass is 569 g/mol. The maximum Gasteiger partial charge on any atom is 0.407 e. The molecule has 40 heavy (non-hydrogen) atoms. The predicted molar refractivity (Wildman–Crippen MR) is 161 cm³/mol. The molecule has 2 radical (unpaired) electrons. The van der Waals surface area contributed by atoms with E-state index in [0.29, 0.717) is 50.8 Å². The Morgan fingerprint density at radius 3 is 2.15 bits per heavy atom. The highest BCUT2D eigenvalue weighted by Gasteiger charge is 2.29. The van der Waals surface area contributed by atoms with Crippen molar-refractivity contribution in [3.8, 4) is 11.1 Å². The number of hydrogen-bond donors (Lipinski definition) is 3. The minimum Gasteiger partial charge on any atom is -0.449 e. The van der Waals surface area contributed by atoms with Gasteiger partial charge in [0.25, 0.3) is 0 Å². The van der Waals surface area contributed by atoms with Gasteiger partial charge in [-0.3, -0.25) is 4.79 Å². The third-order valence-electron chi connectivity index (χ3n) is 6.56. The van der Waals surface area contributed by atoms with Gasteiger partial charge in [-0.05, 0) is 73.6 Å². The maximum absolute atomic E-state index is 12.9. The molecule has 0 aliphatic heterocycles. The van der Waals surface area contributed by atoms with Gasteiger partial charge in [-0.25, -0.2) is 4.79 Å². The molecule has 0 unspecified atom stereocenters. The molecule has 3 rings (SSSR count). The second kappa shape index (κ2) is 18.7. The number of carbonyl (C=O) groups excluding carboxylic acids is 2. The van der Waals surface area contributed by atoms with Gasteiger partial charge >= 0.3 is 6.09 Å². The number of rotatable bonds is 20. The number of benzene rings is 2. The van der Waals surface area contributed by atoms with Crippen molar-refractivity contribution < 1.29 is 23.8 Å². The molecule has 8 nitrogen and oxygen atoms in total. The standard InChI is InChI=1S/C31H43N3O5S/c1-2-21-40-23-29(30(35)33-16-10-20-38-18-8-7-17-37-19-9-15-32)34-31(36)39-22-28-26-13-5-3-11-24(26)25-12-4-6-14-27(25)28/h2-6,11-14,28-29H,1,7-10,15-23,32H2,(H,33,35)(H,34,36)/t29-/m0/s1. The fourth-order valence-electron chi connectivity index (χ4n) is 4.54. The number of nitrogens with one attached hydrogen (secondary N) is 2. The van der Waals surface area contributed by atoms with Crippen LogP contribution >= 0.6 is 11.8 Å². The summed E-state index contributed by atoms with van der Waals surface area (Å²) in [6.07, 6.45) is 4.63. The van der Waals surface area contributed by atoms with E-state index in [1.165, 1.54) is 22.9 Å². The van der Waals surface area contributed by atoms with Crippen LogP contribution in [0.15, 0.2) is 48.5 Å². The molecule has 2 aromatic rings. The first kappa shape index (κ1) is 31.9. The van der Waals surface area contributed by atoms with Gasteiger partial charge in [0.05, 0.1) is 0 Å². The molecule has 0 bridgehead atoms. The van der Waals surface area contributed by atoms with E-state index in [9.17, 15) is 9.59 Å². The zero-order valence-corrected chi connectivity index (χ0v) is 24.1. The molecule has 0 heterocycles. The molecule has 4 N–H and O–H groups in total. The third-order valence-corrected chi connectivity index (χ3v) is 7.60. The van der Waals surface area contributed by atoms with Crippen molar-refractivity contribution >= 4 is 23.8 Å². The van der Waals surface area contributed by atoms with Crippen molar-refractivity contribution in [2.75, 3.05) is 57.6 Å². The summed E-state index contributed by atoms with van der Waals surface area (Å²) in [5.74, 6) is 0.831. The van der Waals surface area contributed by atoms with Gasteiger partial charge in [0.1, 0.15) is 12.6 Å². The van der Waals surface area contributed by atoms with Crippen molar-refractivity contribution in [1.29, 1.82) is 0 Å². The van der Waals surface area contributed by atoms with Gasteiger partial charge in [-0.1, -0.05) is 48.5 Å². The van der Waals surface area contributed by atoms with Crippen LogP contribution in [0.4, 0.5) is 4.79 Å². The summed E-state index contributed by atoms with van der Waals surface area (Å²) in [5.41, 5.74) is 10.1. The molecule has 1 atom stereocenters. The first-order valence-corrected chi connectivity index (χ1v) is 15.2. The van der Waals surface area contributed by atoms with Crippen LogP contribution in [-0.2, 0) is 19.0 Å². The minimum absolute atomic E-state index is 0.0377. The Kier molecular flexibility index (Phi) is 14.9. The van der Waals surface area contributed by atoms with Crippen molar-refractivity contribution in [2.24, 2.45) is 5.73 Å². The molecule has 2 amide bonds. The summed E-state index contributed by atoms with van der Waals surface area (Å²) >= 11 is 1.53. The lowest BCUT2D eigenvalue weighted by molar-refractivity contribution is -0.122. The number of ether oxygens (including phenoxy) is 3. The fourth-order valence-corrected chi connectivity index (χ4v) is 5.31. The average Bonchev–Trinajstić information content (AvgIpc) is 3.29. The van der Waals surface area contributed by atoms with Crippen molar-refractivity contribution in [2.45, 2.75) is 37.6 Å². The highest BCUT2D eigenvalue weighted by molar-refractivity contribution is 7.99. The average molecular weight is 570 g/mol. The normalized spacial score (nSPS) is 12.9. The largest absolute Gasteiger partial charge is 0.449 e. The van der Waals surface area contributed by atoms with Crippen LogP contribution in [0.3, 0.4) is 0 Å². The summed E-state index contributed by atoms with van der Waals surface area (Å²) in [6, 6.07) is 15.7. The Hall–Kier alpha value is -2.59. The first-order valence-electron chi connectivity index (χ1n) is 14.1. The number of carbonyl (C=O) groups is 2. The SMILES string of the molecule is [CH2][CH]CSC[C@H](NC(=O)OCC1c2ccccc2-c2ccccc21)C(=O)NCCCOCCCCOCCCN. The summed E-state index contributed by atoms with van der Waals surface area (Å²) in [5, 5.41) is 5.67. The molecule has 0 aromatic heterocycles. The van der Waals surface area contributed by atoms with Gasteiger partial charge in [0.2, 0.25) is 5.91 Å². The number of hydrogen-bond acceptors (Lipinski definition) is 7. The molecule has 1 aliphatic carbocycles. The Morgan fingerprint density at radius 1 is 0.925 bits per heavy atom. The van der Waals surface area contributed by atoms with E-state index in [0.717, 1.165) is 37.0 Å². The van der Waals surface area contributed by atoms with E-state index in [2.05, 4.69) is 41.8 Å². The van der Waals surface area contributed by atoms with Gasteiger partial charge in [-0.2, -0.15) is 11.8 Å². The van der Waals surface area contributed by atoms with Crippen LogP contribution in [0.2, 0.25) is 0 Å². The van der Waals surface area contributed by atoms with Crippen LogP contribution < -0.4 is 16.4 Å². The Bertz CT molecular complexity index is 992. The van der Waals surface area contributed by atoms with E-state index in [1.807, 2.05) is 24.3 Å². The second-order valence-corrected chi connectivity index (χ2v) is 10.6. The molecule has 2 aromatic carbocycles. The van der Waals surface area contributed by atoms with Gasteiger partial charge in [0, 0.05) is 44.6 Å². The van der Waals surface area contributed by atoms with Crippen LogP contribution in [-0.4, -0.2) is 75.7 Å². The number of amides is 2. The third kappa shape index (κ3) is 10.4. The van der Waals surface area contributed by atoms with Crippen molar-refractivity contribution in [1.82, 2.24) is 10.6 Å². The first-order chi connectivity index (χ1) is 19.7. The van der Waals surface area contributed by atoms with Crippen LogP contribution in [0, 0.1) is 13.3 Å². The number of fused-ring (bicyclic) bond motifs is 3. The van der Waals surface area contributed by atoms with E-state index < -0.39 is 12.1 Å². The lowest BCUT2D eigenvalue weighted by Crippen LogP contribution is -2.49. The quantitative estimate of drug-likeness (QED) is 0.204. The van der Waals surface area contributed by atoms with Gasteiger partial charge in [0.15, 0.2) is 0 Å². The smallest absolute Gasteiger partial charge is 0.407 e. The number of unbranched alkanes of at least 4 members (excludes halogenated alkanes) is 1. The molecule has 0 saturated heterocycles. The summed E-state index contributed by atoms with van der Waals surface area (Å²) < 4.78 is 16.8. The lowest BCUT2D eigenvalue weighted by atomic mass is 9.98. The van der Waals surface area contributed by atoms with Gasteiger partial charge < -0.3 is 30.6 Å². The van der Waals surface area contributed by atoms with Crippen LogP contribution in [0.5, 0.6) is 0 Å². The van der Waals surface area contributed by atoms with Crippen LogP contribution in [0.1, 0.15) is 42.7 Å². The zero-order valence-electron chi connectivity index (χ0n) is 23.3. The second-order valence-electron chi connectivity index (χ2n) is 9.57. The molecule has 0 fully saturated rings. The van der Waals surface area contributed by atoms with E-state index in [-0.39, 0.29) is 18.4 Å². The molecule has 218 valence electrons. The Morgan fingerprint density at radius 2 is 1.52 bits per heavy atom. The van der Waals surface area contributed by atoms with E-state index in [1.54, 1.807) is 6.42 Å². The zero-order chi connectivity index (χ0) is 28.4. The van der Waals surface area contributed by atoms with E-state index >= 15 is 0 Å². The highest BCUT2D eigenvalue weighted by Crippen LogP contribution is 2.44. The molecule has 1 aliphatic rings. The van der Waals surface area contributed by atoms with E-state index in [4.69, 9.17) is 19.9 Å². The number of thioether (sulfide) groups is 1. The van der Waals surface area contributed by atoms with Gasteiger partial charge in [-0.15, -0.1) is 0 Å². The highest BCUT2D eigenvalue weighted by atomic mass is 32.2. The minimum atomic E-state index is -0.708. The van der Waals surface area contributed by atoms with Crippen molar-refractivity contribution in [3.63, 3.8) is 0 Å². The summed E-state index contributed by atoms with van der Waals surface area (Å²) in [6.45, 7) is 7.71.